The molecule has 2 aromatic rings. The summed E-state index contributed by atoms with van der Waals surface area (Å²) < 4.78 is 0. The van der Waals surface area contributed by atoms with Crippen LogP contribution < -0.4 is 0 Å². The molecule has 2 aromatic carbocycles. The first-order valence-corrected chi connectivity index (χ1v) is 16.8. The summed E-state index contributed by atoms with van der Waals surface area (Å²) >= 11 is 0. The fourth-order valence-electron chi connectivity index (χ4n) is 5.70. The summed E-state index contributed by atoms with van der Waals surface area (Å²) in [5.41, 5.74) is 13.3. The Bertz CT molecular complexity index is 1010. The van der Waals surface area contributed by atoms with Crippen molar-refractivity contribution in [2.24, 2.45) is 9.98 Å². The maximum Gasteiger partial charge on any atom is 0.0698 e. The predicted octanol–water partition coefficient (Wildman–Crippen LogP) is 13.1. The molecule has 41 heavy (non-hydrogen) atoms. The van der Waals surface area contributed by atoms with Crippen molar-refractivity contribution in [1.82, 2.24) is 0 Å². The van der Waals surface area contributed by atoms with Crippen molar-refractivity contribution in [3.63, 3.8) is 0 Å². The van der Waals surface area contributed by atoms with E-state index in [1.54, 1.807) is 0 Å². The number of benzene rings is 2. The normalized spacial score (nSPS) is 13.0. The van der Waals surface area contributed by atoms with Gasteiger partial charge in [0, 0.05) is 11.4 Å². The summed E-state index contributed by atoms with van der Waals surface area (Å²) in [5.74, 6) is 1.72. The van der Waals surface area contributed by atoms with Crippen LogP contribution in [-0.4, -0.2) is 11.4 Å². The number of hydrogen-bond acceptors (Lipinski definition) is 2. The molecular formula is C39H62N2. The van der Waals surface area contributed by atoms with Crippen LogP contribution in [0, 0.1) is 0 Å². The second-order valence-electron chi connectivity index (χ2n) is 13.6. The van der Waals surface area contributed by atoms with Crippen molar-refractivity contribution in [3.8, 4) is 0 Å². The van der Waals surface area contributed by atoms with Gasteiger partial charge in [-0.1, -0.05) is 119 Å². The van der Waals surface area contributed by atoms with Gasteiger partial charge in [-0.15, -0.1) is 0 Å². The van der Waals surface area contributed by atoms with Crippen molar-refractivity contribution in [1.29, 1.82) is 0 Å². The molecule has 0 N–H and O–H groups in total. The molecule has 0 unspecified atom stereocenters. The fraction of sp³-hybridized carbons (Fsp3) is 0.641. The van der Waals surface area contributed by atoms with Crippen molar-refractivity contribution in [3.05, 3.63) is 57.6 Å². The zero-order valence-electron chi connectivity index (χ0n) is 28.9. The highest BCUT2D eigenvalue weighted by Crippen LogP contribution is 2.40. The third-order valence-electron chi connectivity index (χ3n) is 8.24. The molecule has 0 saturated heterocycles. The smallest absolute Gasteiger partial charge is 0.0698 e. The van der Waals surface area contributed by atoms with Gasteiger partial charge in [0.15, 0.2) is 0 Å². The molecule has 2 nitrogen and oxygen atoms in total. The zero-order chi connectivity index (χ0) is 30.7. The van der Waals surface area contributed by atoms with Crippen LogP contribution in [-0.2, 0) is 6.42 Å². The van der Waals surface area contributed by atoms with Crippen LogP contribution in [0.15, 0.2) is 34.3 Å². The minimum Gasteiger partial charge on any atom is -0.258 e. The molecule has 0 aliphatic carbocycles. The summed E-state index contributed by atoms with van der Waals surface area (Å²) in [6, 6.07) is 9.79. The third-order valence-corrected chi connectivity index (χ3v) is 8.24. The Balaban J connectivity index is 2.61. The van der Waals surface area contributed by atoms with Crippen molar-refractivity contribution in [2.75, 3.05) is 0 Å². The molecule has 0 heterocycles. The highest BCUT2D eigenvalue weighted by atomic mass is 14.8. The Morgan fingerprint density at radius 3 is 1.05 bits per heavy atom. The average molecular weight is 559 g/mol. The van der Waals surface area contributed by atoms with Crippen molar-refractivity contribution >= 4 is 22.8 Å². The third kappa shape index (κ3) is 10.5. The predicted molar refractivity (Wildman–Crippen MR) is 186 cm³/mol. The summed E-state index contributed by atoms with van der Waals surface area (Å²) in [5, 5.41) is 0. The van der Waals surface area contributed by atoms with Crippen LogP contribution in [0.25, 0.3) is 0 Å². The molecule has 0 aliphatic rings. The molecule has 0 amide bonds. The van der Waals surface area contributed by atoms with E-state index >= 15 is 0 Å². The van der Waals surface area contributed by atoms with Gasteiger partial charge in [0.1, 0.15) is 0 Å². The van der Waals surface area contributed by atoms with E-state index in [0.29, 0.717) is 23.7 Å². The molecule has 228 valence electrons. The van der Waals surface area contributed by atoms with Crippen molar-refractivity contribution < 1.29 is 0 Å². The molecule has 0 aromatic heterocycles. The Hall–Kier alpha value is -2.22. The molecule has 0 spiro atoms. The highest BCUT2D eigenvalue weighted by molar-refractivity contribution is 5.86. The maximum absolute atomic E-state index is 5.26. The van der Waals surface area contributed by atoms with E-state index < -0.39 is 0 Å². The molecule has 2 heteroatoms. The Morgan fingerprint density at radius 2 is 0.805 bits per heavy atom. The van der Waals surface area contributed by atoms with Crippen LogP contribution >= 0.6 is 0 Å². The molecule has 2 rings (SSSR count). The van der Waals surface area contributed by atoms with Crippen LogP contribution in [0.4, 0.5) is 11.4 Å². The Labute approximate surface area is 254 Å². The van der Waals surface area contributed by atoms with E-state index in [9.17, 15) is 0 Å². The average Bonchev–Trinajstić information content (AvgIpc) is 2.89. The van der Waals surface area contributed by atoms with Crippen LogP contribution in [0.1, 0.15) is 192 Å². The summed E-state index contributed by atoms with van der Waals surface area (Å²) in [6.07, 6.45) is 10.6. The van der Waals surface area contributed by atoms with Gasteiger partial charge in [-0.3, -0.25) is 9.98 Å². The van der Waals surface area contributed by atoms with Gasteiger partial charge >= 0.3 is 0 Å². The summed E-state index contributed by atoms with van der Waals surface area (Å²) in [6.45, 7) is 27.5. The van der Waals surface area contributed by atoms with E-state index in [4.69, 9.17) is 9.98 Å². The quantitative estimate of drug-likeness (QED) is 0.145. The van der Waals surface area contributed by atoms with Gasteiger partial charge in [0.05, 0.1) is 11.4 Å². The van der Waals surface area contributed by atoms with E-state index in [0.717, 1.165) is 19.3 Å². The minimum atomic E-state index is 0.430. The van der Waals surface area contributed by atoms with Gasteiger partial charge in [-0.25, -0.2) is 0 Å². The lowest BCUT2D eigenvalue weighted by atomic mass is 9.86. The van der Waals surface area contributed by atoms with E-state index in [-0.39, 0.29) is 0 Å². The topological polar surface area (TPSA) is 24.7 Å². The number of hydrogen-bond donors (Lipinski definition) is 0. The van der Waals surface area contributed by atoms with E-state index in [1.807, 2.05) is 0 Å². The molecule has 0 fully saturated rings. The minimum absolute atomic E-state index is 0.430. The van der Waals surface area contributed by atoms with E-state index in [1.165, 1.54) is 94.7 Å². The van der Waals surface area contributed by atoms with Gasteiger partial charge < -0.3 is 0 Å². The molecule has 0 atom stereocenters. The Morgan fingerprint density at radius 1 is 0.512 bits per heavy atom. The number of rotatable bonds is 16. The first-order valence-electron chi connectivity index (χ1n) is 16.8. The number of aliphatic imine (C=N–C) groups is 2. The molecule has 0 bridgehead atoms. The van der Waals surface area contributed by atoms with Crippen molar-refractivity contribution in [2.45, 2.75) is 165 Å². The largest absolute Gasteiger partial charge is 0.258 e. The van der Waals surface area contributed by atoms with Crippen LogP contribution in [0.3, 0.4) is 0 Å². The first-order chi connectivity index (χ1) is 19.4. The number of unbranched alkanes of at least 4 members (excludes halogenated alkanes) is 4. The monoisotopic (exact) mass is 558 g/mol. The second kappa shape index (κ2) is 17.0. The van der Waals surface area contributed by atoms with Crippen LogP contribution in [0.5, 0.6) is 0 Å². The molecular weight excluding hydrogens is 496 g/mol. The standard InChI is InChI=1S/C39H62N2/c1-13-15-17-19-30(11)40-38-34(26(3)4)22-32(23-35(38)27(5)6)21-33-24-36(28(7)8)39(37(25-33)29(9)10)41-31(12)20-18-16-14-2/h22-29H,13-21H2,1-12H3. The SMILES string of the molecule is CCCCCC(C)=Nc1c(C(C)C)cc(Cc2cc(C(C)C)c(N=C(C)CCCCC)c(C(C)C)c2)cc1C(C)C. The van der Waals surface area contributed by atoms with Gasteiger partial charge in [0.2, 0.25) is 0 Å². The van der Waals surface area contributed by atoms with Gasteiger partial charge in [0.25, 0.3) is 0 Å². The molecule has 0 saturated carbocycles. The lowest BCUT2D eigenvalue weighted by molar-refractivity contribution is 0.740. The first kappa shape index (κ1) is 35.0. The maximum atomic E-state index is 5.26. The summed E-state index contributed by atoms with van der Waals surface area (Å²) in [7, 11) is 0. The highest BCUT2D eigenvalue weighted by Gasteiger charge is 2.19. The van der Waals surface area contributed by atoms with Gasteiger partial charge in [-0.2, -0.15) is 0 Å². The summed E-state index contributed by atoms with van der Waals surface area (Å²) in [4.78, 5) is 10.5. The lowest BCUT2D eigenvalue weighted by Crippen LogP contribution is -2.04. The molecule has 0 aliphatic heterocycles. The second-order valence-corrected chi connectivity index (χ2v) is 13.6. The number of nitrogens with zero attached hydrogens (tertiary/aromatic N) is 2. The van der Waals surface area contributed by atoms with Crippen LogP contribution in [0.2, 0.25) is 0 Å². The Kier molecular flexibility index (Phi) is 14.5. The zero-order valence-corrected chi connectivity index (χ0v) is 28.9. The van der Waals surface area contributed by atoms with Gasteiger partial charge in [-0.05, 0) is 103 Å². The van der Waals surface area contributed by atoms with E-state index in [2.05, 4.69) is 107 Å². The lowest BCUT2D eigenvalue weighted by Gasteiger charge is -2.22. The molecule has 0 radical (unpaired) electrons. The fourth-order valence-corrected chi connectivity index (χ4v) is 5.70.